The van der Waals surface area contributed by atoms with E-state index in [1.165, 1.54) is 46.6 Å². The Labute approximate surface area is 162 Å². The Hall–Kier alpha value is -3.60. The molecule has 0 aliphatic heterocycles. The van der Waals surface area contributed by atoms with E-state index in [2.05, 4.69) is 15.2 Å². The van der Waals surface area contributed by atoms with Gasteiger partial charge in [0.05, 0.1) is 17.8 Å². The van der Waals surface area contributed by atoms with Crippen LogP contribution in [0.5, 0.6) is 0 Å². The standard InChI is InChI=1S/C18H17FN6O4/c1-23-12-8-20-25(17(27)16(12)24(2)18(23)28)9-15-21-14(22-29-15)7-13(26)10-3-5-11(19)6-4-10/h3-6,8,13,26H,7,9H2,1-2H3/t13-/m0/s1. The van der Waals surface area contributed by atoms with Crippen LogP contribution in [-0.2, 0) is 27.1 Å². The first-order chi connectivity index (χ1) is 13.8. The molecule has 1 N–H and O–H groups in total. The van der Waals surface area contributed by atoms with Crippen LogP contribution in [0.1, 0.15) is 23.4 Å². The second-order valence-corrected chi connectivity index (χ2v) is 6.62. The van der Waals surface area contributed by atoms with Crippen molar-refractivity contribution in [3.8, 4) is 0 Å². The zero-order valence-corrected chi connectivity index (χ0v) is 15.6. The average molecular weight is 400 g/mol. The molecule has 0 bridgehead atoms. The number of aliphatic hydroxyl groups is 1. The monoisotopic (exact) mass is 400 g/mol. The van der Waals surface area contributed by atoms with Crippen LogP contribution >= 0.6 is 0 Å². The Morgan fingerprint density at radius 2 is 1.90 bits per heavy atom. The molecule has 0 radical (unpaired) electrons. The third kappa shape index (κ3) is 3.36. The van der Waals surface area contributed by atoms with Crippen LogP contribution in [0.2, 0.25) is 0 Å². The molecule has 11 heteroatoms. The van der Waals surface area contributed by atoms with Crippen molar-refractivity contribution in [2.75, 3.05) is 0 Å². The van der Waals surface area contributed by atoms with E-state index in [9.17, 15) is 19.1 Å². The van der Waals surface area contributed by atoms with Crippen molar-refractivity contribution in [3.63, 3.8) is 0 Å². The topological polar surface area (TPSA) is 121 Å². The summed E-state index contributed by atoms with van der Waals surface area (Å²) in [6, 6.07) is 5.46. The van der Waals surface area contributed by atoms with E-state index in [0.29, 0.717) is 11.1 Å². The number of aromatic nitrogens is 6. The van der Waals surface area contributed by atoms with Gasteiger partial charge in [-0.1, -0.05) is 17.3 Å². The molecule has 0 aliphatic carbocycles. The third-order valence-electron chi connectivity index (χ3n) is 4.70. The van der Waals surface area contributed by atoms with Crippen molar-refractivity contribution in [1.82, 2.24) is 29.1 Å². The van der Waals surface area contributed by atoms with Crippen LogP contribution in [0.25, 0.3) is 11.0 Å². The molecule has 0 spiro atoms. The van der Waals surface area contributed by atoms with Crippen LogP contribution in [0.15, 0.2) is 44.6 Å². The number of nitrogens with zero attached hydrogens (tertiary/aromatic N) is 6. The van der Waals surface area contributed by atoms with Gasteiger partial charge in [0.1, 0.15) is 17.9 Å². The van der Waals surface area contributed by atoms with Gasteiger partial charge in [-0.15, -0.1) is 0 Å². The highest BCUT2D eigenvalue weighted by Gasteiger charge is 2.17. The maximum Gasteiger partial charge on any atom is 0.328 e. The third-order valence-corrected chi connectivity index (χ3v) is 4.70. The molecule has 4 aromatic rings. The van der Waals surface area contributed by atoms with Gasteiger partial charge in [-0.3, -0.25) is 13.9 Å². The summed E-state index contributed by atoms with van der Waals surface area (Å²) >= 11 is 0. The SMILES string of the molecule is Cn1c(=O)n(C)c2c(=O)n(Cc3nc(C[C@H](O)c4ccc(F)cc4)no3)ncc21. The summed E-state index contributed by atoms with van der Waals surface area (Å²) in [5.41, 5.74) is 0.373. The van der Waals surface area contributed by atoms with Crippen LogP contribution < -0.4 is 11.2 Å². The molecule has 0 fully saturated rings. The van der Waals surface area contributed by atoms with Crippen LogP contribution in [0.3, 0.4) is 0 Å². The molecule has 4 rings (SSSR count). The number of aryl methyl sites for hydroxylation is 2. The van der Waals surface area contributed by atoms with Gasteiger partial charge >= 0.3 is 5.69 Å². The highest BCUT2D eigenvalue weighted by molar-refractivity contribution is 5.73. The maximum atomic E-state index is 13.0. The molecule has 0 amide bonds. The highest BCUT2D eigenvalue weighted by Crippen LogP contribution is 2.17. The summed E-state index contributed by atoms with van der Waals surface area (Å²) in [6.07, 6.45) is 0.550. The first-order valence-corrected chi connectivity index (χ1v) is 8.71. The van der Waals surface area contributed by atoms with Gasteiger partial charge in [0, 0.05) is 20.5 Å². The van der Waals surface area contributed by atoms with Gasteiger partial charge in [-0.25, -0.2) is 13.9 Å². The van der Waals surface area contributed by atoms with Gasteiger partial charge in [0.25, 0.3) is 5.56 Å². The lowest BCUT2D eigenvalue weighted by atomic mass is 10.1. The van der Waals surface area contributed by atoms with Crippen molar-refractivity contribution >= 4 is 11.0 Å². The van der Waals surface area contributed by atoms with Gasteiger partial charge in [0.2, 0.25) is 5.89 Å². The maximum absolute atomic E-state index is 13.0. The summed E-state index contributed by atoms with van der Waals surface area (Å²) in [5, 5.41) is 18.1. The smallest absolute Gasteiger partial charge is 0.328 e. The minimum atomic E-state index is -0.933. The molecule has 1 atom stereocenters. The fourth-order valence-corrected chi connectivity index (χ4v) is 3.11. The summed E-state index contributed by atoms with van der Waals surface area (Å²) in [4.78, 5) is 28.9. The second-order valence-electron chi connectivity index (χ2n) is 6.62. The molecule has 0 saturated carbocycles. The van der Waals surface area contributed by atoms with Gasteiger partial charge in [-0.05, 0) is 17.7 Å². The fourth-order valence-electron chi connectivity index (χ4n) is 3.11. The molecule has 0 unspecified atom stereocenters. The molecule has 3 aromatic heterocycles. The first-order valence-electron chi connectivity index (χ1n) is 8.71. The Bertz CT molecular complexity index is 1300. The van der Waals surface area contributed by atoms with Crippen LogP contribution in [0, 0.1) is 5.82 Å². The van der Waals surface area contributed by atoms with E-state index >= 15 is 0 Å². The van der Waals surface area contributed by atoms with Gasteiger partial charge < -0.3 is 9.63 Å². The normalized spacial score (nSPS) is 12.6. The van der Waals surface area contributed by atoms with Crippen molar-refractivity contribution in [2.45, 2.75) is 19.1 Å². The second kappa shape index (κ2) is 7.09. The highest BCUT2D eigenvalue weighted by atomic mass is 19.1. The molecule has 1 aromatic carbocycles. The number of hydrogen-bond acceptors (Lipinski definition) is 7. The zero-order valence-electron chi connectivity index (χ0n) is 15.6. The number of aliphatic hydroxyl groups excluding tert-OH is 1. The van der Waals surface area contributed by atoms with Crippen molar-refractivity contribution < 1.29 is 14.0 Å². The minimum Gasteiger partial charge on any atom is -0.388 e. The minimum absolute atomic E-state index is 0.0592. The Morgan fingerprint density at radius 1 is 1.17 bits per heavy atom. The number of hydrogen-bond donors (Lipinski definition) is 1. The van der Waals surface area contributed by atoms with Gasteiger partial charge in [0.15, 0.2) is 5.82 Å². The Kier molecular flexibility index (Phi) is 4.59. The molecule has 10 nitrogen and oxygen atoms in total. The number of halogens is 1. The molecule has 0 saturated heterocycles. The van der Waals surface area contributed by atoms with Crippen LogP contribution in [0.4, 0.5) is 4.39 Å². The van der Waals surface area contributed by atoms with E-state index in [1.807, 2.05) is 0 Å². The first kappa shape index (κ1) is 18.7. The van der Waals surface area contributed by atoms with Crippen molar-refractivity contribution in [3.05, 3.63) is 74.4 Å². The molecule has 150 valence electrons. The Morgan fingerprint density at radius 3 is 2.62 bits per heavy atom. The van der Waals surface area contributed by atoms with E-state index in [1.54, 1.807) is 7.05 Å². The zero-order chi connectivity index (χ0) is 20.7. The predicted molar refractivity (Wildman–Crippen MR) is 98.7 cm³/mol. The molecular formula is C18H17FN6O4. The van der Waals surface area contributed by atoms with Crippen LogP contribution in [-0.4, -0.2) is 34.2 Å². The summed E-state index contributed by atoms with van der Waals surface area (Å²) < 4.78 is 21.9. The summed E-state index contributed by atoms with van der Waals surface area (Å²) in [7, 11) is 3.07. The average Bonchev–Trinajstić information content (AvgIpc) is 3.23. The number of rotatable bonds is 5. The fraction of sp³-hybridized carbons (Fsp3) is 0.278. The lowest BCUT2D eigenvalue weighted by Gasteiger charge is -2.07. The van der Waals surface area contributed by atoms with Crippen molar-refractivity contribution in [2.24, 2.45) is 14.1 Å². The summed E-state index contributed by atoms with van der Waals surface area (Å²) in [5.74, 6) is -0.0344. The molecule has 3 heterocycles. The molecular weight excluding hydrogens is 383 g/mol. The largest absolute Gasteiger partial charge is 0.388 e. The van der Waals surface area contributed by atoms with E-state index < -0.39 is 17.5 Å². The summed E-state index contributed by atoms with van der Waals surface area (Å²) in [6.45, 7) is -0.0858. The lowest BCUT2D eigenvalue weighted by molar-refractivity contribution is 0.174. The van der Waals surface area contributed by atoms with E-state index in [0.717, 1.165) is 4.68 Å². The number of benzene rings is 1. The van der Waals surface area contributed by atoms with Gasteiger partial charge in [-0.2, -0.15) is 10.1 Å². The molecule has 0 aliphatic rings. The predicted octanol–water partition coefficient (Wildman–Crippen LogP) is 0.280. The van der Waals surface area contributed by atoms with E-state index in [4.69, 9.17) is 4.52 Å². The quantitative estimate of drug-likeness (QED) is 0.511. The Balaban J connectivity index is 1.56. The lowest BCUT2D eigenvalue weighted by Crippen LogP contribution is -2.26. The van der Waals surface area contributed by atoms with E-state index in [-0.39, 0.29) is 35.9 Å². The number of fused-ring (bicyclic) bond motifs is 1. The molecule has 29 heavy (non-hydrogen) atoms. The number of imidazole rings is 1. The van der Waals surface area contributed by atoms with Crippen molar-refractivity contribution in [1.29, 1.82) is 0 Å².